The Labute approximate surface area is 207 Å². The Kier molecular flexibility index (Phi) is 7.44. The van der Waals surface area contributed by atoms with E-state index in [2.05, 4.69) is 20.7 Å². The number of anilines is 1. The van der Waals surface area contributed by atoms with Gasteiger partial charge in [0.2, 0.25) is 0 Å². The third kappa shape index (κ3) is 5.89. The standard InChI is InChI=1S/C22H18ClF3N4O2S2/c23-16-5-4-15(22(24,25)26)12-17(16)28-29-19(31)14-3-1-2-13(10-14)11-18-20(32)27-21(34-18)30-6-8-33-9-7-30/h1-5,10-12,28H,6-9H2,(H,29,31). The van der Waals surface area contributed by atoms with Gasteiger partial charge in [-0.25, -0.2) is 0 Å². The van der Waals surface area contributed by atoms with Crippen molar-refractivity contribution in [1.82, 2.24) is 10.3 Å². The number of amidine groups is 1. The van der Waals surface area contributed by atoms with Crippen LogP contribution in [0.5, 0.6) is 0 Å². The number of nitrogens with one attached hydrogen (secondary N) is 2. The number of benzene rings is 2. The van der Waals surface area contributed by atoms with Crippen LogP contribution in [0.3, 0.4) is 0 Å². The van der Waals surface area contributed by atoms with E-state index in [1.54, 1.807) is 30.3 Å². The number of carbonyl (C=O) groups is 2. The highest BCUT2D eigenvalue weighted by Crippen LogP contribution is 2.34. The summed E-state index contributed by atoms with van der Waals surface area (Å²) in [4.78, 5) is 31.6. The van der Waals surface area contributed by atoms with Crippen LogP contribution in [0.1, 0.15) is 21.5 Å². The molecule has 2 heterocycles. The van der Waals surface area contributed by atoms with Crippen molar-refractivity contribution in [2.75, 3.05) is 30.0 Å². The maximum atomic E-state index is 12.9. The highest BCUT2D eigenvalue weighted by Gasteiger charge is 2.31. The van der Waals surface area contributed by atoms with Crippen molar-refractivity contribution in [2.24, 2.45) is 4.99 Å². The molecule has 178 valence electrons. The molecule has 2 aliphatic rings. The van der Waals surface area contributed by atoms with E-state index in [9.17, 15) is 22.8 Å². The maximum absolute atomic E-state index is 12.9. The van der Waals surface area contributed by atoms with Crippen molar-refractivity contribution in [3.63, 3.8) is 0 Å². The van der Waals surface area contributed by atoms with Gasteiger partial charge in [0.05, 0.1) is 21.2 Å². The number of carbonyl (C=O) groups excluding carboxylic acids is 2. The van der Waals surface area contributed by atoms with Crippen LogP contribution in [0.2, 0.25) is 5.02 Å². The quantitative estimate of drug-likeness (QED) is 0.425. The molecule has 12 heteroatoms. The molecule has 0 aliphatic carbocycles. The number of hydrogen-bond donors (Lipinski definition) is 2. The lowest BCUT2D eigenvalue weighted by atomic mass is 10.1. The summed E-state index contributed by atoms with van der Waals surface area (Å²) < 4.78 is 38.8. The van der Waals surface area contributed by atoms with E-state index < -0.39 is 17.6 Å². The van der Waals surface area contributed by atoms with E-state index >= 15 is 0 Å². The molecule has 2 aromatic carbocycles. The first-order valence-electron chi connectivity index (χ1n) is 10.1. The zero-order valence-electron chi connectivity index (χ0n) is 17.5. The Morgan fingerprint density at radius 2 is 1.91 bits per heavy atom. The van der Waals surface area contributed by atoms with Gasteiger partial charge in [0.15, 0.2) is 5.17 Å². The van der Waals surface area contributed by atoms with Crippen LogP contribution in [0.15, 0.2) is 52.4 Å². The normalized spacial score (nSPS) is 17.6. The molecule has 1 saturated heterocycles. The second kappa shape index (κ2) is 10.3. The highest BCUT2D eigenvalue weighted by atomic mass is 35.5. The van der Waals surface area contributed by atoms with E-state index in [1.807, 2.05) is 11.8 Å². The van der Waals surface area contributed by atoms with Gasteiger partial charge in [0.1, 0.15) is 0 Å². The Bertz CT molecular complexity index is 1180. The van der Waals surface area contributed by atoms with E-state index in [1.165, 1.54) is 11.8 Å². The summed E-state index contributed by atoms with van der Waals surface area (Å²) in [5.74, 6) is 1.07. The van der Waals surface area contributed by atoms with Gasteiger partial charge in [-0.3, -0.25) is 20.4 Å². The molecular weight excluding hydrogens is 509 g/mol. The third-order valence-corrected chi connectivity index (χ3v) is 7.26. The van der Waals surface area contributed by atoms with E-state index in [0.29, 0.717) is 15.6 Å². The SMILES string of the molecule is O=C1N=C(N2CCSCC2)SC1=Cc1cccc(C(=O)NNc2cc(C(F)(F)F)ccc2Cl)c1. The number of aliphatic imine (C=N–C) groups is 1. The molecule has 0 atom stereocenters. The Morgan fingerprint density at radius 3 is 2.65 bits per heavy atom. The molecule has 2 aromatic rings. The number of alkyl halides is 3. The molecule has 1 fully saturated rings. The van der Waals surface area contributed by atoms with Gasteiger partial charge in [-0.2, -0.15) is 29.9 Å². The van der Waals surface area contributed by atoms with Crippen LogP contribution in [-0.2, 0) is 11.0 Å². The lowest BCUT2D eigenvalue weighted by Gasteiger charge is -2.26. The summed E-state index contributed by atoms with van der Waals surface area (Å²) in [6, 6.07) is 9.27. The number of halogens is 4. The fourth-order valence-electron chi connectivity index (χ4n) is 3.20. The molecular formula is C22H18ClF3N4O2S2. The average Bonchev–Trinajstić information content (AvgIpc) is 3.18. The minimum absolute atomic E-state index is 0.0201. The van der Waals surface area contributed by atoms with Crippen molar-refractivity contribution >= 4 is 63.9 Å². The summed E-state index contributed by atoms with van der Waals surface area (Å²) in [6.45, 7) is 1.69. The van der Waals surface area contributed by atoms with Gasteiger partial charge in [-0.1, -0.05) is 23.7 Å². The predicted molar refractivity (Wildman–Crippen MR) is 131 cm³/mol. The largest absolute Gasteiger partial charge is 0.416 e. The molecule has 4 rings (SSSR count). The average molecular weight is 527 g/mol. The summed E-state index contributed by atoms with van der Waals surface area (Å²) in [7, 11) is 0. The first-order valence-corrected chi connectivity index (χ1v) is 12.4. The van der Waals surface area contributed by atoms with Crippen molar-refractivity contribution in [3.8, 4) is 0 Å². The number of hydrazine groups is 1. The van der Waals surface area contributed by atoms with Crippen LogP contribution in [0, 0.1) is 0 Å². The number of nitrogens with zero attached hydrogens (tertiary/aromatic N) is 2. The lowest BCUT2D eigenvalue weighted by molar-refractivity contribution is -0.137. The fraction of sp³-hybridized carbons (Fsp3) is 0.227. The molecule has 0 radical (unpaired) electrons. The Balaban J connectivity index is 1.43. The summed E-state index contributed by atoms with van der Waals surface area (Å²) in [6.07, 6.45) is -2.88. The van der Waals surface area contributed by atoms with Crippen LogP contribution >= 0.6 is 35.1 Å². The fourth-order valence-corrected chi connectivity index (χ4v) is 5.24. The highest BCUT2D eigenvalue weighted by molar-refractivity contribution is 8.18. The molecule has 2 amide bonds. The molecule has 0 bridgehead atoms. The molecule has 2 N–H and O–H groups in total. The maximum Gasteiger partial charge on any atom is 0.416 e. The third-order valence-electron chi connectivity index (χ3n) is 4.94. The summed E-state index contributed by atoms with van der Waals surface area (Å²) >= 11 is 9.11. The minimum Gasteiger partial charge on any atom is -0.349 e. The van der Waals surface area contributed by atoms with Crippen LogP contribution in [0.4, 0.5) is 18.9 Å². The zero-order valence-corrected chi connectivity index (χ0v) is 19.9. The van der Waals surface area contributed by atoms with Crippen molar-refractivity contribution < 1.29 is 22.8 Å². The molecule has 0 aromatic heterocycles. The molecule has 0 spiro atoms. The Hall–Kier alpha value is -2.63. The van der Waals surface area contributed by atoms with Crippen LogP contribution < -0.4 is 10.9 Å². The van der Waals surface area contributed by atoms with E-state index in [-0.39, 0.29) is 22.2 Å². The summed E-state index contributed by atoms with van der Waals surface area (Å²) in [5.41, 5.74) is 4.66. The smallest absolute Gasteiger partial charge is 0.349 e. The molecule has 0 unspecified atom stereocenters. The number of rotatable bonds is 4. The number of amides is 2. The first-order chi connectivity index (χ1) is 16.2. The minimum atomic E-state index is -4.54. The van der Waals surface area contributed by atoms with Crippen molar-refractivity contribution in [1.29, 1.82) is 0 Å². The summed E-state index contributed by atoms with van der Waals surface area (Å²) in [5, 5.41) is 0.708. The lowest BCUT2D eigenvalue weighted by Crippen LogP contribution is -2.35. The second-order valence-electron chi connectivity index (χ2n) is 7.31. The number of thioether (sulfide) groups is 2. The van der Waals surface area contributed by atoms with Gasteiger partial charge < -0.3 is 4.90 Å². The van der Waals surface area contributed by atoms with Gasteiger partial charge in [0.25, 0.3) is 11.8 Å². The van der Waals surface area contributed by atoms with E-state index in [4.69, 9.17) is 11.6 Å². The Morgan fingerprint density at radius 1 is 1.15 bits per heavy atom. The van der Waals surface area contributed by atoms with E-state index in [0.717, 1.165) is 42.8 Å². The monoisotopic (exact) mass is 526 g/mol. The van der Waals surface area contributed by atoms with Gasteiger partial charge in [0, 0.05) is 30.2 Å². The van der Waals surface area contributed by atoms with Crippen molar-refractivity contribution in [3.05, 3.63) is 69.1 Å². The molecule has 6 nitrogen and oxygen atoms in total. The topological polar surface area (TPSA) is 73.8 Å². The van der Waals surface area contributed by atoms with Crippen molar-refractivity contribution in [2.45, 2.75) is 6.18 Å². The van der Waals surface area contributed by atoms with Crippen LogP contribution in [-0.4, -0.2) is 46.5 Å². The molecule has 34 heavy (non-hydrogen) atoms. The zero-order chi connectivity index (χ0) is 24.3. The second-order valence-corrected chi connectivity index (χ2v) is 9.95. The predicted octanol–water partition coefficient (Wildman–Crippen LogP) is 5.13. The van der Waals surface area contributed by atoms with Gasteiger partial charge >= 0.3 is 6.18 Å². The van der Waals surface area contributed by atoms with Crippen LogP contribution in [0.25, 0.3) is 6.08 Å². The first kappa shape index (κ1) is 24.5. The van der Waals surface area contributed by atoms with Gasteiger partial charge in [-0.05, 0) is 53.7 Å². The van der Waals surface area contributed by atoms with Gasteiger partial charge in [-0.15, -0.1) is 0 Å². The molecule has 0 saturated carbocycles. The number of hydrogen-bond acceptors (Lipinski definition) is 6. The molecule has 2 aliphatic heterocycles.